The molecule has 29 heavy (non-hydrogen) atoms. The van der Waals surface area contributed by atoms with Crippen LogP contribution >= 0.6 is 23.2 Å². The summed E-state index contributed by atoms with van der Waals surface area (Å²) in [5.74, 6) is 0.761. The average molecular weight is 425 g/mol. The summed E-state index contributed by atoms with van der Waals surface area (Å²) < 4.78 is 19.2. The lowest BCUT2D eigenvalue weighted by atomic mass is 10.2. The highest BCUT2D eigenvalue weighted by molar-refractivity contribution is 6.39. The van der Waals surface area contributed by atoms with Gasteiger partial charge in [0, 0.05) is 11.1 Å². The molecule has 0 atom stereocenters. The van der Waals surface area contributed by atoms with Crippen LogP contribution in [0, 0.1) is 5.82 Å². The Morgan fingerprint density at radius 3 is 2.24 bits per heavy atom. The van der Waals surface area contributed by atoms with E-state index in [4.69, 9.17) is 27.6 Å². The number of benzene rings is 3. The predicted octanol–water partition coefficient (Wildman–Crippen LogP) is 6.39. The second-order valence-electron chi connectivity index (χ2n) is 6.34. The third-order valence-electron chi connectivity index (χ3n) is 4.42. The molecule has 0 fully saturated rings. The molecule has 0 saturated carbocycles. The Kier molecular flexibility index (Phi) is 4.30. The molecule has 0 unspecified atom stereocenters. The van der Waals surface area contributed by atoms with Gasteiger partial charge in [-0.3, -0.25) is 0 Å². The molecule has 5 nitrogen and oxygen atoms in total. The maximum Gasteiger partial charge on any atom is 0.248 e. The first kappa shape index (κ1) is 17.8. The maximum atomic E-state index is 13.4. The molecule has 0 saturated heterocycles. The number of nitrogens with one attached hydrogen (secondary N) is 1. The van der Waals surface area contributed by atoms with Crippen LogP contribution in [0.2, 0.25) is 10.0 Å². The van der Waals surface area contributed by atoms with E-state index in [1.165, 1.54) is 12.1 Å². The summed E-state index contributed by atoms with van der Waals surface area (Å²) in [6, 6.07) is 16.8. The third-order valence-corrected chi connectivity index (χ3v) is 5.05. The highest BCUT2D eigenvalue weighted by Gasteiger charge is 2.15. The van der Waals surface area contributed by atoms with Crippen molar-refractivity contribution in [3.63, 3.8) is 0 Å². The van der Waals surface area contributed by atoms with Crippen LogP contribution in [0.25, 0.3) is 45.3 Å². The first-order valence-electron chi connectivity index (χ1n) is 8.62. The standard InChI is InChI=1S/C21H11Cl2FN4O/c22-14-5-2-6-15(23)18(14)19-25-16-8-7-12(10-17(16)26-19)21-28-27-20(29-21)11-3-1-4-13(24)9-11/h1-10H,(H,25,26). The van der Waals surface area contributed by atoms with Crippen LogP contribution < -0.4 is 0 Å². The smallest absolute Gasteiger partial charge is 0.248 e. The Labute approximate surface area is 174 Å². The summed E-state index contributed by atoms with van der Waals surface area (Å²) in [6.45, 7) is 0. The molecule has 0 amide bonds. The topological polar surface area (TPSA) is 67.6 Å². The summed E-state index contributed by atoms with van der Waals surface area (Å²) in [7, 11) is 0. The molecule has 5 aromatic rings. The second-order valence-corrected chi connectivity index (χ2v) is 7.15. The first-order chi connectivity index (χ1) is 14.1. The van der Waals surface area contributed by atoms with E-state index in [-0.39, 0.29) is 11.7 Å². The molecular formula is C21H11Cl2FN4O. The van der Waals surface area contributed by atoms with E-state index in [0.29, 0.717) is 38.5 Å². The molecule has 0 radical (unpaired) electrons. The quantitative estimate of drug-likeness (QED) is 0.364. The minimum absolute atomic E-state index is 0.243. The van der Waals surface area contributed by atoms with Gasteiger partial charge in [-0.15, -0.1) is 10.2 Å². The minimum atomic E-state index is -0.369. The summed E-state index contributed by atoms with van der Waals surface area (Å²) in [6.07, 6.45) is 0. The average Bonchev–Trinajstić information content (AvgIpc) is 3.34. The van der Waals surface area contributed by atoms with Crippen molar-refractivity contribution in [3.05, 3.63) is 76.5 Å². The lowest BCUT2D eigenvalue weighted by molar-refractivity contribution is 0.582. The number of halogens is 3. The first-order valence-corrected chi connectivity index (χ1v) is 9.38. The number of H-pyrrole nitrogens is 1. The van der Waals surface area contributed by atoms with Crippen LogP contribution in [-0.2, 0) is 0 Å². The predicted molar refractivity (Wildman–Crippen MR) is 110 cm³/mol. The number of hydrogen-bond acceptors (Lipinski definition) is 4. The van der Waals surface area contributed by atoms with Crippen molar-refractivity contribution in [1.82, 2.24) is 20.2 Å². The van der Waals surface area contributed by atoms with Gasteiger partial charge >= 0.3 is 0 Å². The molecule has 0 aliphatic carbocycles. The van der Waals surface area contributed by atoms with Crippen LogP contribution in [0.5, 0.6) is 0 Å². The van der Waals surface area contributed by atoms with Crippen molar-refractivity contribution in [2.75, 3.05) is 0 Å². The molecule has 0 aliphatic rings. The lowest BCUT2D eigenvalue weighted by Gasteiger charge is -2.02. The molecule has 3 aromatic carbocycles. The summed E-state index contributed by atoms with van der Waals surface area (Å²) in [4.78, 5) is 7.80. The molecule has 0 bridgehead atoms. The fraction of sp³-hybridized carbons (Fsp3) is 0. The van der Waals surface area contributed by atoms with E-state index < -0.39 is 0 Å². The van der Waals surface area contributed by atoms with Crippen LogP contribution in [0.1, 0.15) is 0 Å². The number of rotatable bonds is 3. The molecule has 1 N–H and O–H groups in total. The Bertz CT molecular complexity index is 1340. The van der Waals surface area contributed by atoms with Crippen LogP contribution in [0.4, 0.5) is 4.39 Å². The van der Waals surface area contributed by atoms with E-state index in [1.807, 2.05) is 18.2 Å². The van der Waals surface area contributed by atoms with E-state index in [1.54, 1.807) is 30.3 Å². The molecule has 2 aromatic heterocycles. The fourth-order valence-electron chi connectivity index (χ4n) is 3.06. The van der Waals surface area contributed by atoms with Gasteiger partial charge < -0.3 is 9.40 Å². The van der Waals surface area contributed by atoms with Gasteiger partial charge in [-0.2, -0.15) is 0 Å². The van der Waals surface area contributed by atoms with Gasteiger partial charge in [0.1, 0.15) is 11.6 Å². The minimum Gasteiger partial charge on any atom is -0.416 e. The number of imidazole rings is 1. The zero-order valence-electron chi connectivity index (χ0n) is 14.7. The molecule has 8 heteroatoms. The normalized spacial score (nSPS) is 11.3. The van der Waals surface area contributed by atoms with Crippen LogP contribution in [-0.4, -0.2) is 20.2 Å². The third kappa shape index (κ3) is 3.26. The van der Waals surface area contributed by atoms with Gasteiger partial charge in [-0.1, -0.05) is 35.3 Å². The van der Waals surface area contributed by atoms with Gasteiger partial charge in [0.05, 0.1) is 26.6 Å². The van der Waals surface area contributed by atoms with Crippen molar-refractivity contribution in [2.24, 2.45) is 0 Å². The van der Waals surface area contributed by atoms with Crippen LogP contribution in [0.3, 0.4) is 0 Å². The number of hydrogen-bond donors (Lipinski definition) is 1. The van der Waals surface area contributed by atoms with Gasteiger partial charge in [-0.25, -0.2) is 9.37 Å². The second kappa shape index (κ2) is 6.99. The molecule has 142 valence electrons. The van der Waals surface area contributed by atoms with Crippen molar-refractivity contribution in [1.29, 1.82) is 0 Å². The van der Waals surface area contributed by atoms with E-state index in [9.17, 15) is 4.39 Å². The van der Waals surface area contributed by atoms with Crippen molar-refractivity contribution in [3.8, 4) is 34.3 Å². The Hall–Kier alpha value is -3.22. The van der Waals surface area contributed by atoms with Gasteiger partial charge in [0.25, 0.3) is 0 Å². The number of nitrogens with zero attached hydrogens (tertiary/aromatic N) is 3. The zero-order chi connectivity index (χ0) is 20.0. The Balaban J connectivity index is 1.54. The number of fused-ring (bicyclic) bond motifs is 1. The summed E-state index contributed by atoms with van der Waals surface area (Å²) in [5, 5.41) is 9.11. The van der Waals surface area contributed by atoms with E-state index in [2.05, 4.69) is 20.2 Å². The molecule has 5 rings (SSSR count). The highest BCUT2D eigenvalue weighted by Crippen LogP contribution is 2.34. The summed E-state index contributed by atoms with van der Waals surface area (Å²) in [5.41, 5.74) is 3.36. The Morgan fingerprint density at radius 2 is 1.52 bits per heavy atom. The lowest BCUT2D eigenvalue weighted by Crippen LogP contribution is -1.83. The fourth-order valence-corrected chi connectivity index (χ4v) is 3.64. The zero-order valence-corrected chi connectivity index (χ0v) is 16.2. The number of aromatic amines is 1. The van der Waals surface area contributed by atoms with E-state index >= 15 is 0 Å². The summed E-state index contributed by atoms with van der Waals surface area (Å²) >= 11 is 12.6. The van der Waals surface area contributed by atoms with Gasteiger partial charge in [0.2, 0.25) is 11.8 Å². The van der Waals surface area contributed by atoms with E-state index in [0.717, 1.165) is 11.0 Å². The number of aromatic nitrogens is 4. The van der Waals surface area contributed by atoms with Crippen molar-refractivity contribution in [2.45, 2.75) is 0 Å². The van der Waals surface area contributed by atoms with Crippen molar-refractivity contribution >= 4 is 34.2 Å². The maximum absolute atomic E-state index is 13.4. The highest BCUT2D eigenvalue weighted by atomic mass is 35.5. The largest absolute Gasteiger partial charge is 0.416 e. The molecule has 2 heterocycles. The molecule has 0 spiro atoms. The van der Waals surface area contributed by atoms with Crippen molar-refractivity contribution < 1.29 is 8.81 Å². The monoisotopic (exact) mass is 424 g/mol. The Morgan fingerprint density at radius 1 is 0.828 bits per heavy atom. The van der Waals surface area contributed by atoms with Gasteiger partial charge in [0.15, 0.2) is 0 Å². The van der Waals surface area contributed by atoms with Crippen LogP contribution in [0.15, 0.2) is 65.1 Å². The SMILES string of the molecule is Fc1cccc(-c2nnc(-c3ccc4nc(-c5c(Cl)cccc5Cl)[nH]c4c3)o2)c1. The van der Waals surface area contributed by atoms with Gasteiger partial charge in [-0.05, 0) is 48.5 Å². The molecular weight excluding hydrogens is 414 g/mol. The molecule has 0 aliphatic heterocycles.